The zero-order chi connectivity index (χ0) is 24.5. The predicted octanol–water partition coefficient (Wildman–Crippen LogP) is -1.39. The maximum atomic E-state index is 14.7. The third-order valence-electron chi connectivity index (χ3n) is 8.14. The fourth-order valence-corrected chi connectivity index (χ4v) is 7.07. The molecule has 0 radical (unpaired) electrons. The Morgan fingerprint density at radius 2 is 2.00 bits per heavy atom. The Morgan fingerprint density at radius 1 is 1.24 bits per heavy atom. The van der Waals surface area contributed by atoms with Crippen LogP contribution in [0.4, 0.5) is 4.39 Å². The van der Waals surface area contributed by atoms with Crippen molar-refractivity contribution in [3.8, 4) is 11.1 Å². The average Bonchev–Trinajstić information content (AvgIpc) is 3.14. The Morgan fingerprint density at radius 3 is 2.62 bits per heavy atom. The molecule has 0 saturated heterocycles. The second-order valence-electron chi connectivity index (χ2n) is 11.9. The van der Waals surface area contributed by atoms with Gasteiger partial charge in [-0.1, -0.05) is 19.1 Å². The molecule has 2 N–H and O–H groups in total. The van der Waals surface area contributed by atoms with Gasteiger partial charge >= 0.3 is 0 Å². The molecule has 2 aliphatic carbocycles. The minimum atomic E-state index is -0.644. The van der Waals surface area contributed by atoms with Gasteiger partial charge in [-0.25, -0.2) is 9.38 Å². The molecule has 1 saturated carbocycles. The number of benzene rings is 1. The molecule has 5 nitrogen and oxygen atoms in total. The Balaban J connectivity index is 1.63. The van der Waals surface area contributed by atoms with E-state index in [0.717, 1.165) is 36.8 Å². The highest BCUT2D eigenvalue weighted by Crippen LogP contribution is 2.66. The van der Waals surface area contributed by atoms with E-state index in [1.165, 1.54) is 17.8 Å². The summed E-state index contributed by atoms with van der Waals surface area (Å²) in [4.78, 5) is 9.25. The second-order valence-corrected chi connectivity index (χ2v) is 11.9. The number of nitrogens with two attached hydrogens (primary N) is 1. The normalized spacial score (nSPS) is 31.9. The number of aliphatic imine (C=N–C) groups is 1. The standard InChI is InChI=1S/C23H31B5FN3O2/c1-12-9-20(6-4-18(12)33-23(26,27)28)10-14-3-2-13(15-11-31-7-5-17(15)29)8-16(14)21(20)22(24,25)34-19(30)32-21/h2-3,5,7-8,11-12,18H,4,6,9-10,24-28H2,1H3,(H2,30,32)/t12-,18-,20-,21+/m1/s1. The monoisotopic (exact) mass is 455 g/mol. The highest BCUT2D eigenvalue weighted by atomic mass is 19.1. The van der Waals surface area contributed by atoms with Gasteiger partial charge in [0, 0.05) is 23.4 Å². The van der Waals surface area contributed by atoms with E-state index >= 15 is 0 Å². The molecule has 3 aliphatic rings. The number of fused-ring (bicyclic) bond motifs is 3. The summed E-state index contributed by atoms with van der Waals surface area (Å²) >= 11 is 0. The van der Waals surface area contributed by atoms with Gasteiger partial charge in [-0.2, -0.15) is 0 Å². The summed E-state index contributed by atoms with van der Waals surface area (Å²) in [5.74, 6) is 0.0809. The molecule has 4 atom stereocenters. The second kappa shape index (κ2) is 7.68. The van der Waals surface area contributed by atoms with Crippen molar-refractivity contribution in [3.63, 3.8) is 0 Å². The third kappa shape index (κ3) is 3.45. The zero-order valence-electron chi connectivity index (χ0n) is 21.1. The molecule has 0 amide bonds. The Bertz CT molecular complexity index is 1170. The van der Waals surface area contributed by atoms with Crippen molar-refractivity contribution in [2.24, 2.45) is 22.1 Å². The Hall–Kier alpha value is -2.15. The quantitative estimate of drug-likeness (QED) is 0.580. The van der Waals surface area contributed by atoms with Crippen molar-refractivity contribution in [2.75, 3.05) is 0 Å². The van der Waals surface area contributed by atoms with E-state index in [0.29, 0.717) is 11.5 Å². The van der Waals surface area contributed by atoms with Crippen LogP contribution in [-0.4, -0.2) is 67.0 Å². The van der Waals surface area contributed by atoms with E-state index in [9.17, 15) is 4.39 Å². The third-order valence-corrected chi connectivity index (χ3v) is 8.14. The van der Waals surface area contributed by atoms with Gasteiger partial charge < -0.3 is 15.2 Å². The predicted molar refractivity (Wildman–Crippen MR) is 146 cm³/mol. The van der Waals surface area contributed by atoms with Crippen LogP contribution in [0.5, 0.6) is 0 Å². The molecule has 0 bridgehead atoms. The van der Waals surface area contributed by atoms with Crippen molar-refractivity contribution >= 4 is 45.3 Å². The molecule has 1 fully saturated rings. The van der Waals surface area contributed by atoms with E-state index in [-0.39, 0.29) is 28.7 Å². The molecular formula is C23H31B5FN3O2. The highest BCUT2D eigenvalue weighted by molar-refractivity contribution is 6.58. The summed E-state index contributed by atoms with van der Waals surface area (Å²) in [5, 5.41) is -0.813. The molecule has 1 aromatic carbocycles. The van der Waals surface area contributed by atoms with Crippen LogP contribution in [-0.2, 0) is 21.4 Å². The molecular weight excluding hydrogens is 423 g/mol. The largest absolute Gasteiger partial charge is 0.475 e. The number of amidine groups is 1. The van der Waals surface area contributed by atoms with Crippen LogP contribution >= 0.6 is 0 Å². The lowest BCUT2D eigenvalue weighted by molar-refractivity contribution is -0.0743. The fraction of sp³-hybridized carbons (Fsp3) is 0.478. The lowest BCUT2D eigenvalue weighted by Crippen LogP contribution is -2.60. The highest BCUT2D eigenvalue weighted by Gasteiger charge is 2.69. The lowest BCUT2D eigenvalue weighted by Gasteiger charge is -2.53. The van der Waals surface area contributed by atoms with Crippen LogP contribution in [0.1, 0.15) is 37.3 Å². The van der Waals surface area contributed by atoms with E-state index in [4.69, 9.17) is 20.2 Å². The van der Waals surface area contributed by atoms with Crippen LogP contribution in [0.15, 0.2) is 41.7 Å². The fourth-order valence-electron chi connectivity index (χ4n) is 7.07. The summed E-state index contributed by atoms with van der Waals surface area (Å²) < 4.78 is 27.3. The Kier molecular flexibility index (Phi) is 5.33. The molecule has 11 heteroatoms. The van der Waals surface area contributed by atoms with E-state index in [2.05, 4.69) is 63.3 Å². The van der Waals surface area contributed by atoms with Crippen molar-refractivity contribution < 1.29 is 13.9 Å². The van der Waals surface area contributed by atoms with Crippen LogP contribution in [0.25, 0.3) is 11.1 Å². The molecule has 1 aliphatic heterocycles. The maximum absolute atomic E-state index is 14.7. The minimum absolute atomic E-state index is 0.150. The first-order valence-corrected chi connectivity index (χ1v) is 12.3. The van der Waals surface area contributed by atoms with E-state index in [1.54, 1.807) is 6.20 Å². The van der Waals surface area contributed by atoms with Crippen LogP contribution in [0, 0.1) is 17.2 Å². The molecule has 172 valence electrons. The average molecular weight is 455 g/mol. The maximum Gasteiger partial charge on any atom is 0.282 e. The Labute approximate surface area is 205 Å². The number of pyridine rings is 1. The summed E-state index contributed by atoms with van der Waals surface area (Å²) in [5.41, 5.74) is 9.10. The number of ether oxygens (including phenoxy) is 2. The number of rotatable bonds is 3. The number of halogens is 1. The van der Waals surface area contributed by atoms with Crippen LogP contribution < -0.4 is 5.73 Å². The topological polar surface area (TPSA) is 69.7 Å². The van der Waals surface area contributed by atoms with Gasteiger partial charge in [-0.15, -0.1) is 0 Å². The molecule has 2 heterocycles. The van der Waals surface area contributed by atoms with Crippen molar-refractivity contribution in [3.05, 3.63) is 53.6 Å². The first-order valence-electron chi connectivity index (χ1n) is 12.3. The lowest BCUT2D eigenvalue weighted by atomic mass is 9.44. The molecule has 2 aromatic rings. The summed E-state index contributed by atoms with van der Waals surface area (Å²) in [6, 6.07) is 7.86. The summed E-state index contributed by atoms with van der Waals surface area (Å²) in [6.07, 6.45) is 7.05. The summed E-state index contributed by atoms with van der Waals surface area (Å²) in [6.45, 7) is 2.29. The SMILES string of the molecule is BC(B)(B)O[C@@H]1CC[C@]2(Cc3ccc(-c4cnccc4F)cc3[C@]23N=C(N)OC3(B)B)C[C@H]1C. The minimum Gasteiger partial charge on any atom is -0.475 e. The molecule has 34 heavy (non-hydrogen) atoms. The number of aromatic nitrogens is 1. The van der Waals surface area contributed by atoms with Crippen LogP contribution in [0.2, 0.25) is 0 Å². The van der Waals surface area contributed by atoms with E-state index in [1.807, 2.05) is 6.07 Å². The van der Waals surface area contributed by atoms with E-state index < -0.39 is 10.9 Å². The first kappa shape index (κ1) is 23.6. The van der Waals surface area contributed by atoms with Gasteiger partial charge in [-0.05, 0) is 65.7 Å². The molecule has 0 unspecified atom stereocenters. The van der Waals surface area contributed by atoms with Gasteiger partial charge in [0.15, 0.2) is 15.7 Å². The smallest absolute Gasteiger partial charge is 0.282 e. The molecule has 2 spiro atoms. The van der Waals surface area contributed by atoms with Crippen molar-refractivity contribution in [1.82, 2.24) is 4.98 Å². The van der Waals surface area contributed by atoms with Gasteiger partial charge in [0.05, 0.1) is 11.5 Å². The molecule has 1 aromatic heterocycles. The number of hydrogen-bond donors (Lipinski definition) is 1. The zero-order valence-corrected chi connectivity index (χ0v) is 21.1. The van der Waals surface area contributed by atoms with Crippen molar-refractivity contribution in [1.29, 1.82) is 0 Å². The molecule has 5 rings (SSSR count). The number of nitrogens with zero attached hydrogens (tertiary/aromatic N) is 2. The first-order chi connectivity index (χ1) is 15.9. The van der Waals surface area contributed by atoms with Crippen LogP contribution in [0.3, 0.4) is 0 Å². The van der Waals surface area contributed by atoms with Crippen molar-refractivity contribution in [2.45, 2.75) is 54.9 Å². The summed E-state index contributed by atoms with van der Waals surface area (Å²) in [7, 11) is 10.5. The van der Waals surface area contributed by atoms with Gasteiger partial charge in [0.2, 0.25) is 0 Å². The number of hydrogen-bond acceptors (Lipinski definition) is 5. The van der Waals surface area contributed by atoms with Gasteiger partial charge in [0.25, 0.3) is 6.02 Å². The van der Waals surface area contributed by atoms with Gasteiger partial charge in [-0.3, -0.25) is 4.98 Å². The van der Waals surface area contributed by atoms with Gasteiger partial charge in [0.1, 0.15) is 34.9 Å².